The summed E-state index contributed by atoms with van der Waals surface area (Å²) in [7, 11) is -3.78. The molecule has 1 aromatic rings. The van der Waals surface area contributed by atoms with Gasteiger partial charge in [0.05, 0.1) is 0 Å². The van der Waals surface area contributed by atoms with E-state index in [1.54, 1.807) is 19.1 Å². The summed E-state index contributed by atoms with van der Waals surface area (Å²) >= 11 is 0. The van der Waals surface area contributed by atoms with Crippen molar-refractivity contribution in [1.29, 1.82) is 0 Å². The highest BCUT2D eigenvalue weighted by Gasteiger charge is 2.22. The molecule has 0 radical (unpaired) electrons. The summed E-state index contributed by atoms with van der Waals surface area (Å²) in [4.78, 5) is 10.7. The third kappa shape index (κ3) is 5.37. The molecular formula is C12H18N2O4S. The number of carboxylic acid groups (broad SMARTS) is 1. The van der Waals surface area contributed by atoms with Crippen LogP contribution < -0.4 is 4.72 Å². The average molecular weight is 286 g/mol. The van der Waals surface area contributed by atoms with Gasteiger partial charge in [0.25, 0.3) is 10.2 Å². The monoisotopic (exact) mass is 286 g/mol. The van der Waals surface area contributed by atoms with E-state index in [0.29, 0.717) is 6.42 Å². The van der Waals surface area contributed by atoms with Crippen molar-refractivity contribution in [2.24, 2.45) is 0 Å². The first-order valence-corrected chi connectivity index (χ1v) is 7.40. The molecule has 6 nitrogen and oxygen atoms in total. The summed E-state index contributed by atoms with van der Waals surface area (Å²) in [6.45, 7) is 1.58. The molecule has 0 aliphatic rings. The fourth-order valence-corrected chi connectivity index (χ4v) is 2.78. The first kappa shape index (κ1) is 15.6. The Balaban J connectivity index is 2.69. The Morgan fingerprint density at radius 2 is 1.95 bits per heavy atom. The quantitative estimate of drug-likeness (QED) is 0.740. The molecule has 0 bridgehead atoms. The van der Waals surface area contributed by atoms with Crippen LogP contribution in [-0.4, -0.2) is 36.9 Å². The highest BCUT2D eigenvalue weighted by molar-refractivity contribution is 7.87. The zero-order valence-electron chi connectivity index (χ0n) is 10.7. The van der Waals surface area contributed by atoms with E-state index in [4.69, 9.17) is 5.11 Å². The predicted octanol–water partition coefficient (Wildman–Crippen LogP) is 0.818. The molecule has 0 saturated carbocycles. The Morgan fingerprint density at radius 3 is 2.47 bits per heavy atom. The molecule has 2 N–H and O–H groups in total. The molecule has 0 aliphatic heterocycles. The van der Waals surface area contributed by atoms with E-state index in [-0.39, 0.29) is 13.1 Å². The molecule has 1 rings (SSSR count). The largest absolute Gasteiger partial charge is 0.480 e. The molecule has 0 fully saturated rings. The minimum Gasteiger partial charge on any atom is -0.480 e. The van der Waals surface area contributed by atoms with E-state index in [0.717, 1.165) is 9.87 Å². The topological polar surface area (TPSA) is 86.7 Å². The van der Waals surface area contributed by atoms with Gasteiger partial charge in [-0.05, 0) is 12.0 Å². The highest BCUT2D eigenvalue weighted by atomic mass is 32.2. The van der Waals surface area contributed by atoms with Crippen molar-refractivity contribution >= 4 is 16.2 Å². The summed E-state index contributed by atoms with van der Waals surface area (Å²) in [5.74, 6) is -1.17. The second-order valence-electron chi connectivity index (χ2n) is 4.04. The van der Waals surface area contributed by atoms with Gasteiger partial charge in [-0.25, -0.2) is 0 Å². The number of nitrogens with zero attached hydrogens (tertiary/aromatic N) is 1. The van der Waals surface area contributed by atoms with Gasteiger partial charge in [-0.2, -0.15) is 17.4 Å². The van der Waals surface area contributed by atoms with Crippen molar-refractivity contribution in [3.05, 3.63) is 35.9 Å². The smallest absolute Gasteiger partial charge is 0.318 e. The molecule has 7 heteroatoms. The van der Waals surface area contributed by atoms with Gasteiger partial charge in [0.2, 0.25) is 0 Å². The fourth-order valence-electron chi connectivity index (χ4n) is 1.55. The van der Waals surface area contributed by atoms with E-state index >= 15 is 0 Å². The van der Waals surface area contributed by atoms with Gasteiger partial charge in [-0.1, -0.05) is 37.3 Å². The Morgan fingerprint density at radius 1 is 1.32 bits per heavy atom. The zero-order valence-corrected chi connectivity index (χ0v) is 11.6. The number of hydrogen-bond donors (Lipinski definition) is 2. The number of rotatable bonds is 8. The van der Waals surface area contributed by atoms with E-state index in [2.05, 4.69) is 4.72 Å². The molecule has 1 aromatic carbocycles. The summed E-state index contributed by atoms with van der Waals surface area (Å²) in [6, 6.07) is 9.05. The minimum atomic E-state index is -3.78. The SMILES string of the molecule is CCCN(CC(=O)O)S(=O)(=O)NCc1ccccc1. The number of aliphatic carboxylic acids is 1. The summed E-state index contributed by atoms with van der Waals surface area (Å²) in [6.07, 6.45) is 0.555. The standard InChI is InChI=1S/C12H18N2O4S/c1-2-8-14(10-12(15)16)19(17,18)13-9-11-6-4-3-5-7-11/h3-7,13H,2,8-10H2,1H3,(H,15,16). The average Bonchev–Trinajstić information content (AvgIpc) is 2.37. The highest BCUT2D eigenvalue weighted by Crippen LogP contribution is 2.03. The van der Waals surface area contributed by atoms with Gasteiger partial charge >= 0.3 is 5.97 Å². The summed E-state index contributed by atoms with van der Waals surface area (Å²) in [5.41, 5.74) is 0.817. The van der Waals surface area contributed by atoms with Crippen molar-refractivity contribution in [2.45, 2.75) is 19.9 Å². The minimum absolute atomic E-state index is 0.142. The molecule has 0 atom stereocenters. The van der Waals surface area contributed by atoms with Crippen LogP contribution in [0.2, 0.25) is 0 Å². The van der Waals surface area contributed by atoms with Crippen molar-refractivity contribution in [1.82, 2.24) is 9.03 Å². The van der Waals surface area contributed by atoms with E-state index in [9.17, 15) is 13.2 Å². The van der Waals surface area contributed by atoms with E-state index < -0.39 is 22.7 Å². The molecule has 0 amide bonds. The molecule has 0 unspecified atom stereocenters. The lowest BCUT2D eigenvalue weighted by atomic mass is 10.2. The Labute approximate surface area is 113 Å². The predicted molar refractivity (Wildman–Crippen MR) is 71.7 cm³/mol. The van der Waals surface area contributed by atoms with Crippen LogP contribution in [0, 0.1) is 0 Å². The van der Waals surface area contributed by atoms with Crippen LogP contribution in [0.15, 0.2) is 30.3 Å². The van der Waals surface area contributed by atoms with Gasteiger partial charge in [-0.15, -0.1) is 0 Å². The van der Waals surface area contributed by atoms with Gasteiger partial charge in [0.1, 0.15) is 6.54 Å². The maximum absolute atomic E-state index is 12.0. The maximum atomic E-state index is 12.0. The van der Waals surface area contributed by atoms with Crippen LogP contribution in [-0.2, 0) is 21.5 Å². The number of benzene rings is 1. The van der Waals surface area contributed by atoms with Crippen molar-refractivity contribution < 1.29 is 18.3 Å². The lowest BCUT2D eigenvalue weighted by Crippen LogP contribution is -2.43. The van der Waals surface area contributed by atoms with Gasteiger partial charge in [0.15, 0.2) is 0 Å². The van der Waals surface area contributed by atoms with Crippen LogP contribution in [0.5, 0.6) is 0 Å². The lowest BCUT2D eigenvalue weighted by Gasteiger charge is -2.19. The van der Waals surface area contributed by atoms with Gasteiger partial charge in [-0.3, -0.25) is 4.79 Å². The molecule has 106 valence electrons. The Kier molecular flexibility index (Phi) is 5.94. The van der Waals surface area contributed by atoms with Crippen molar-refractivity contribution in [3.8, 4) is 0 Å². The normalized spacial score (nSPS) is 11.7. The molecule has 0 aliphatic carbocycles. The third-order valence-corrected chi connectivity index (χ3v) is 3.93. The summed E-state index contributed by atoms with van der Waals surface area (Å²) < 4.78 is 27.3. The second kappa shape index (κ2) is 7.22. The van der Waals surface area contributed by atoms with Crippen molar-refractivity contribution in [2.75, 3.05) is 13.1 Å². The molecule has 0 spiro atoms. The Bertz CT molecular complexity index is 502. The van der Waals surface area contributed by atoms with Crippen LogP contribution in [0.25, 0.3) is 0 Å². The molecule has 19 heavy (non-hydrogen) atoms. The first-order chi connectivity index (χ1) is 8.95. The summed E-state index contributed by atoms with van der Waals surface area (Å²) in [5, 5.41) is 8.73. The van der Waals surface area contributed by atoms with Crippen LogP contribution in [0.4, 0.5) is 0 Å². The van der Waals surface area contributed by atoms with Crippen LogP contribution in [0.1, 0.15) is 18.9 Å². The Hall–Kier alpha value is -1.44. The molecule has 0 aromatic heterocycles. The first-order valence-electron chi connectivity index (χ1n) is 5.96. The number of carboxylic acids is 1. The fraction of sp³-hybridized carbons (Fsp3) is 0.417. The lowest BCUT2D eigenvalue weighted by molar-refractivity contribution is -0.137. The number of nitrogens with one attached hydrogen (secondary N) is 1. The number of hydrogen-bond acceptors (Lipinski definition) is 3. The van der Waals surface area contributed by atoms with E-state index in [1.807, 2.05) is 18.2 Å². The second-order valence-corrected chi connectivity index (χ2v) is 5.79. The number of carbonyl (C=O) groups is 1. The van der Waals surface area contributed by atoms with Crippen LogP contribution in [0.3, 0.4) is 0 Å². The van der Waals surface area contributed by atoms with Gasteiger partial charge in [0, 0.05) is 13.1 Å². The maximum Gasteiger partial charge on any atom is 0.318 e. The molecular weight excluding hydrogens is 268 g/mol. The zero-order chi connectivity index (χ0) is 14.3. The molecule has 0 saturated heterocycles. The van der Waals surface area contributed by atoms with Crippen LogP contribution >= 0.6 is 0 Å². The third-order valence-electron chi connectivity index (χ3n) is 2.43. The van der Waals surface area contributed by atoms with Crippen molar-refractivity contribution in [3.63, 3.8) is 0 Å². The van der Waals surface area contributed by atoms with E-state index in [1.165, 1.54) is 0 Å². The molecule has 0 heterocycles. The van der Waals surface area contributed by atoms with Gasteiger partial charge < -0.3 is 5.11 Å².